The summed E-state index contributed by atoms with van der Waals surface area (Å²) >= 11 is 1.27. The molecule has 2 N–H and O–H groups in total. The highest BCUT2D eigenvalue weighted by molar-refractivity contribution is 7.99. The molecule has 0 amide bonds. The van der Waals surface area contributed by atoms with Crippen molar-refractivity contribution in [1.29, 1.82) is 0 Å². The minimum atomic E-state index is -0.353. The van der Waals surface area contributed by atoms with Gasteiger partial charge in [0.2, 0.25) is 0 Å². The molecule has 0 unspecified atom stereocenters. The smallest absolute Gasteiger partial charge is 0.192 e. The summed E-state index contributed by atoms with van der Waals surface area (Å²) in [5, 5.41) is 0.572. The number of rotatable bonds is 2. The van der Waals surface area contributed by atoms with Crippen LogP contribution < -0.4 is 5.73 Å². The van der Waals surface area contributed by atoms with Gasteiger partial charge in [0.15, 0.2) is 5.16 Å². The zero-order valence-corrected chi connectivity index (χ0v) is 8.54. The van der Waals surface area contributed by atoms with E-state index in [9.17, 15) is 4.39 Å². The highest BCUT2D eigenvalue weighted by Gasteiger charge is 2.02. The zero-order chi connectivity index (χ0) is 10.7. The van der Waals surface area contributed by atoms with Gasteiger partial charge >= 0.3 is 0 Å². The van der Waals surface area contributed by atoms with Crippen LogP contribution in [0.3, 0.4) is 0 Å². The summed E-state index contributed by atoms with van der Waals surface area (Å²) in [7, 11) is 0. The summed E-state index contributed by atoms with van der Waals surface area (Å²) in [4.78, 5) is 8.74. The monoisotopic (exact) mass is 221 g/mol. The standard InChI is InChI=1S/C10H8FN3S/c11-7-4-8(12)6-9(5-7)15-10-13-2-1-3-14-10/h1-6H,12H2. The SMILES string of the molecule is Nc1cc(F)cc(Sc2ncccn2)c1. The Morgan fingerprint density at radius 2 is 1.87 bits per heavy atom. The van der Waals surface area contributed by atoms with Crippen molar-refractivity contribution in [3.05, 3.63) is 42.5 Å². The molecule has 15 heavy (non-hydrogen) atoms. The molecule has 1 aromatic carbocycles. The van der Waals surface area contributed by atoms with E-state index in [2.05, 4.69) is 9.97 Å². The molecule has 0 bridgehead atoms. The van der Waals surface area contributed by atoms with E-state index >= 15 is 0 Å². The number of nitrogens with two attached hydrogens (primary N) is 1. The second kappa shape index (κ2) is 4.27. The Hall–Kier alpha value is -1.62. The lowest BCUT2D eigenvalue weighted by Gasteiger charge is -2.01. The molecule has 0 aliphatic carbocycles. The Labute approximate surface area is 90.6 Å². The van der Waals surface area contributed by atoms with Crippen LogP contribution >= 0.6 is 11.8 Å². The predicted molar refractivity (Wildman–Crippen MR) is 57.0 cm³/mol. The average molecular weight is 221 g/mol. The molecule has 0 saturated carbocycles. The van der Waals surface area contributed by atoms with Crippen molar-refractivity contribution in [2.45, 2.75) is 10.1 Å². The molecule has 0 aliphatic rings. The fraction of sp³-hybridized carbons (Fsp3) is 0. The number of anilines is 1. The van der Waals surface area contributed by atoms with Gasteiger partial charge in [0.25, 0.3) is 0 Å². The van der Waals surface area contributed by atoms with E-state index in [1.54, 1.807) is 24.5 Å². The first-order valence-electron chi connectivity index (χ1n) is 4.25. The molecule has 5 heteroatoms. The molecule has 0 fully saturated rings. The summed E-state index contributed by atoms with van der Waals surface area (Å²) in [6.07, 6.45) is 3.27. The molecule has 76 valence electrons. The average Bonchev–Trinajstić information content (AvgIpc) is 2.17. The van der Waals surface area contributed by atoms with E-state index in [1.165, 1.54) is 23.9 Å². The molecule has 0 saturated heterocycles. The van der Waals surface area contributed by atoms with Gasteiger partial charge in [-0.3, -0.25) is 0 Å². The third-order valence-electron chi connectivity index (χ3n) is 1.64. The Balaban J connectivity index is 2.25. The maximum absolute atomic E-state index is 13.0. The first-order chi connectivity index (χ1) is 7.24. The summed E-state index contributed by atoms with van der Waals surface area (Å²) in [5.74, 6) is -0.353. The van der Waals surface area contributed by atoms with Gasteiger partial charge in [0.1, 0.15) is 5.82 Å². The van der Waals surface area contributed by atoms with Crippen molar-refractivity contribution in [2.75, 3.05) is 5.73 Å². The lowest BCUT2D eigenvalue weighted by atomic mass is 10.3. The number of hydrogen-bond donors (Lipinski definition) is 1. The molecule has 1 aromatic heterocycles. The Morgan fingerprint density at radius 3 is 2.53 bits per heavy atom. The van der Waals surface area contributed by atoms with Crippen molar-refractivity contribution >= 4 is 17.4 Å². The van der Waals surface area contributed by atoms with Crippen molar-refractivity contribution in [3.8, 4) is 0 Å². The fourth-order valence-corrected chi connectivity index (χ4v) is 1.89. The number of nitrogens with zero attached hydrogens (tertiary/aromatic N) is 2. The van der Waals surface area contributed by atoms with Gasteiger partial charge in [-0.15, -0.1) is 0 Å². The van der Waals surface area contributed by atoms with Crippen LogP contribution in [-0.4, -0.2) is 9.97 Å². The van der Waals surface area contributed by atoms with Gasteiger partial charge in [0, 0.05) is 23.0 Å². The predicted octanol–water partition coefficient (Wildman–Crippen LogP) is 2.35. The number of benzene rings is 1. The maximum Gasteiger partial charge on any atom is 0.192 e. The minimum absolute atomic E-state index is 0.353. The van der Waals surface area contributed by atoms with Gasteiger partial charge in [-0.05, 0) is 36.0 Å². The van der Waals surface area contributed by atoms with E-state index in [1.807, 2.05) is 0 Å². The highest BCUT2D eigenvalue weighted by atomic mass is 32.2. The van der Waals surface area contributed by atoms with Crippen LogP contribution in [0.15, 0.2) is 46.7 Å². The summed E-state index contributed by atoms with van der Waals surface area (Å²) in [6, 6.07) is 6.08. The number of halogens is 1. The number of hydrogen-bond acceptors (Lipinski definition) is 4. The molecular formula is C10H8FN3S. The lowest BCUT2D eigenvalue weighted by Crippen LogP contribution is -1.88. The minimum Gasteiger partial charge on any atom is -0.399 e. The van der Waals surface area contributed by atoms with Crippen molar-refractivity contribution < 1.29 is 4.39 Å². The van der Waals surface area contributed by atoms with Crippen molar-refractivity contribution in [2.24, 2.45) is 0 Å². The van der Waals surface area contributed by atoms with Crippen LogP contribution in [-0.2, 0) is 0 Å². The van der Waals surface area contributed by atoms with Gasteiger partial charge in [0.05, 0.1) is 0 Å². The van der Waals surface area contributed by atoms with E-state index < -0.39 is 0 Å². The van der Waals surface area contributed by atoms with E-state index in [0.29, 0.717) is 15.7 Å². The summed E-state index contributed by atoms with van der Waals surface area (Å²) < 4.78 is 13.0. The largest absolute Gasteiger partial charge is 0.399 e. The van der Waals surface area contributed by atoms with E-state index in [4.69, 9.17) is 5.73 Å². The fourth-order valence-electron chi connectivity index (χ4n) is 1.09. The van der Waals surface area contributed by atoms with Crippen LogP contribution in [0.25, 0.3) is 0 Å². The maximum atomic E-state index is 13.0. The topological polar surface area (TPSA) is 51.8 Å². The summed E-state index contributed by atoms with van der Waals surface area (Å²) in [6.45, 7) is 0. The first-order valence-corrected chi connectivity index (χ1v) is 5.06. The van der Waals surface area contributed by atoms with Crippen LogP contribution in [0.1, 0.15) is 0 Å². The van der Waals surface area contributed by atoms with Crippen molar-refractivity contribution in [1.82, 2.24) is 9.97 Å². The Kier molecular flexibility index (Phi) is 2.82. The molecule has 0 spiro atoms. The molecule has 2 aromatic rings. The van der Waals surface area contributed by atoms with Crippen molar-refractivity contribution in [3.63, 3.8) is 0 Å². The van der Waals surface area contributed by atoms with Crippen LogP contribution in [0.5, 0.6) is 0 Å². The third-order valence-corrected chi connectivity index (χ3v) is 2.51. The van der Waals surface area contributed by atoms with Gasteiger partial charge in [-0.25, -0.2) is 14.4 Å². The Morgan fingerprint density at radius 1 is 1.13 bits per heavy atom. The van der Waals surface area contributed by atoms with Gasteiger partial charge in [-0.2, -0.15) is 0 Å². The molecule has 0 aliphatic heterocycles. The molecule has 1 heterocycles. The molecule has 0 atom stereocenters. The van der Waals surface area contributed by atoms with Gasteiger partial charge in [-0.1, -0.05) is 0 Å². The first kappa shape index (κ1) is 9.92. The van der Waals surface area contributed by atoms with Crippen LogP contribution in [0.4, 0.5) is 10.1 Å². The molecular weight excluding hydrogens is 213 g/mol. The lowest BCUT2D eigenvalue weighted by molar-refractivity contribution is 0.625. The normalized spacial score (nSPS) is 10.2. The second-order valence-corrected chi connectivity index (χ2v) is 3.89. The van der Waals surface area contributed by atoms with E-state index in [0.717, 1.165) is 0 Å². The number of aromatic nitrogens is 2. The second-order valence-electron chi connectivity index (χ2n) is 2.85. The van der Waals surface area contributed by atoms with E-state index in [-0.39, 0.29) is 5.82 Å². The number of nitrogen functional groups attached to an aromatic ring is 1. The third kappa shape index (κ3) is 2.66. The molecule has 0 radical (unpaired) electrons. The van der Waals surface area contributed by atoms with Crippen LogP contribution in [0, 0.1) is 5.82 Å². The van der Waals surface area contributed by atoms with Gasteiger partial charge < -0.3 is 5.73 Å². The van der Waals surface area contributed by atoms with Crippen LogP contribution in [0.2, 0.25) is 0 Å². The quantitative estimate of drug-likeness (QED) is 0.624. The zero-order valence-electron chi connectivity index (χ0n) is 7.72. The molecule has 3 nitrogen and oxygen atoms in total. The molecule has 2 rings (SSSR count). The highest BCUT2D eigenvalue weighted by Crippen LogP contribution is 2.26. The Bertz CT molecular complexity index is 441. The summed E-state index contributed by atoms with van der Waals surface area (Å²) in [5.41, 5.74) is 5.92.